The Hall–Kier alpha value is -2.04. The molecule has 2 rings (SSSR count). The summed E-state index contributed by atoms with van der Waals surface area (Å²) in [5, 5.41) is 15.5. The van der Waals surface area contributed by atoms with E-state index in [1.807, 2.05) is 13.8 Å². The van der Waals surface area contributed by atoms with E-state index in [1.165, 1.54) is 0 Å². The van der Waals surface area contributed by atoms with E-state index in [0.29, 0.717) is 28.1 Å². The van der Waals surface area contributed by atoms with Crippen LogP contribution in [0.2, 0.25) is 0 Å². The fraction of sp³-hybridized carbons (Fsp3) is 0.333. The first-order chi connectivity index (χ1) is 8.04. The molecule has 1 heterocycles. The monoisotopic (exact) mass is 231 g/mol. The summed E-state index contributed by atoms with van der Waals surface area (Å²) < 4.78 is 0.821. The number of benzene rings is 1. The van der Waals surface area contributed by atoms with Crippen LogP contribution in [-0.2, 0) is 0 Å². The van der Waals surface area contributed by atoms with Gasteiger partial charge in [-0.3, -0.25) is 0 Å². The molecule has 5 nitrogen and oxygen atoms in total. The standard InChI is InChI=1S/C12H13N3O2/c1-7(2)12-13-11-5-4-9(14-16)6-10(11)8(3)15(12)17/h4-7H,1-3H3. The highest BCUT2D eigenvalue weighted by atomic mass is 16.5. The van der Waals surface area contributed by atoms with E-state index in [9.17, 15) is 10.1 Å². The van der Waals surface area contributed by atoms with Gasteiger partial charge in [-0.15, -0.1) is 4.91 Å². The summed E-state index contributed by atoms with van der Waals surface area (Å²) in [5.41, 5.74) is 1.56. The third-order valence-corrected chi connectivity index (χ3v) is 2.74. The smallest absolute Gasteiger partial charge is 0.304 e. The van der Waals surface area contributed by atoms with Crippen LogP contribution in [0.4, 0.5) is 5.69 Å². The van der Waals surface area contributed by atoms with Crippen molar-refractivity contribution in [3.8, 4) is 0 Å². The summed E-state index contributed by atoms with van der Waals surface area (Å²) in [6.45, 7) is 5.56. The molecular weight excluding hydrogens is 218 g/mol. The van der Waals surface area contributed by atoms with Crippen LogP contribution in [-0.4, -0.2) is 4.98 Å². The molecule has 0 saturated heterocycles. The van der Waals surface area contributed by atoms with Crippen LogP contribution in [0.1, 0.15) is 31.3 Å². The molecule has 2 aromatic rings. The van der Waals surface area contributed by atoms with Crippen LogP contribution in [0.25, 0.3) is 10.9 Å². The molecule has 0 saturated carbocycles. The Kier molecular flexibility index (Phi) is 2.75. The average molecular weight is 231 g/mol. The van der Waals surface area contributed by atoms with Gasteiger partial charge in [-0.2, -0.15) is 0 Å². The summed E-state index contributed by atoms with van der Waals surface area (Å²) in [7, 11) is 0. The quantitative estimate of drug-likeness (QED) is 0.453. The highest BCUT2D eigenvalue weighted by molar-refractivity contribution is 5.82. The van der Waals surface area contributed by atoms with Gasteiger partial charge in [0.1, 0.15) is 11.4 Å². The minimum atomic E-state index is 0.0551. The molecule has 0 bridgehead atoms. The molecule has 0 radical (unpaired) electrons. The van der Waals surface area contributed by atoms with E-state index < -0.39 is 0 Å². The summed E-state index contributed by atoms with van der Waals surface area (Å²) in [4.78, 5) is 14.8. The van der Waals surface area contributed by atoms with Crippen LogP contribution in [0, 0.1) is 17.0 Å². The minimum Gasteiger partial charge on any atom is -0.711 e. The normalized spacial score (nSPS) is 11.1. The second kappa shape index (κ2) is 4.08. The maximum Gasteiger partial charge on any atom is 0.304 e. The summed E-state index contributed by atoms with van der Waals surface area (Å²) >= 11 is 0. The van der Waals surface area contributed by atoms with Crippen molar-refractivity contribution < 1.29 is 4.73 Å². The largest absolute Gasteiger partial charge is 0.711 e. The summed E-state index contributed by atoms with van der Waals surface area (Å²) in [6, 6.07) is 4.90. The zero-order valence-electron chi connectivity index (χ0n) is 9.97. The Labute approximate surface area is 98.7 Å². The molecule has 0 atom stereocenters. The van der Waals surface area contributed by atoms with Crippen molar-refractivity contribution in [2.24, 2.45) is 5.18 Å². The molecule has 0 unspecified atom stereocenters. The highest BCUT2D eigenvalue weighted by Gasteiger charge is 2.18. The van der Waals surface area contributed by atoms with Gasteiger partial charge in [-0.05, 0) is 35.3 Å². The zero-order valence-corrected chi connectivity index (χ0v) is 9.97. The number of hydrogen-bond donors (Lipinski definition) is 0. The number of aryl methyl sites for hydroxylation is 1. The van der Waals surface area contributed by atoms with Gasteiger partial charge in [0, 0.05) is 0 Å². The predicted molar refractivity (Wildman–Crippen MR) is 65.0 cm³/mol. The number of rotatable bonds is 2. The topological polar surface area (TPSA) is 69.3 Å². The lowest BCUT2D eigenvalue weighted by Crippen LogP contribution is -2.37. The number of nitrogens with zero attached hydrogens (tertiary/aromatic N) is 3. The van der Waals surface area contributed by atoms with Gasteiger partial charge in [0.25, 0.3) is 0 Å². The van der Waals surface area contributed by atoms with Gasteiger partial charge in [0.2, 0.25) is 0 Å². The third kappa shape index (κ3) is 1.84. The van der Waals surface area contributed by atoms with Crippen LogP contribution >= 0.6 is 0 Å². The van der Waals surface area contributed by atoms with Crippen molar-refractivity contribution >= 4 is 16.6 Å². The van der Waals surface area contributed by atoms with Crippen molar-refractivity contribution in [2.45, 2.75) is 26.7 Å². The number of hydrogen-bond acceptors (Lipinski definition) is 4. The number of nitroso groups, excluding NO2 is 1. The molecule has 17 heavy (non-hydrogen) atoms. The van der Waals surface area contributed by atoms with Crippen molar-refractivity contribution in [3.63, 3.8) is 0 Å². The van der Waals surface area contributed by atoms with Crippen molar-refractivity contribution in [1.82, 2.24) is 4.98 Å². The van der Waals surface area contributed by atoms with Crippen LogP contribution in [0.15, 0.2) is 23.4 Å². The second-order valence-corrected chi connectivity index (χ2v) is 4.30. The van der Waals surface area contributed by atoms with Gasteiger partial charge in [-0.25, -0.2) is 4.73 Å². The molecule has 0 aliphatic carbocycles. The van der Waals surface area contributed by atoms with Crippen LogP contribution < -0.4 is 4.73 Å². The third-order valence-electron chi connectivity index (χ3n) is 2.74. The predicted octanol–water partition coefficient (Wildman–Crippen LogP) is 2.70. The van der Waals surface area contributed by atoms with Crippen molar-refractivity contribution in [1.29, 1.82) is 0 Å². The molecule has 0 aliphatic heterocycles. The first-order valence-corrected chi connectivity index (χ1v) is 5.41. The van der Waals surface area contributed by atoms with E-state index in [4.69, 9.17) is 0 Å². The van der Waals surface area contributed by atoms with Gasteiger partial charge < -0.3 is 5.21 Å². The molecule has 1 aromatic heterocycles. The van der Waals surface area contributed by atoms with E-state index >= 15 is 0 Å². The van der Waals surface area contributed by atoms with Crippen molar-refractivity contribution in [2.75, 3.05) is 0 Å². The van der Waals surface area contributed by atoms with Gasteiger partial charge in [0.15, 0.2) is 5.52 Å². The lowest BCUT2D eigenvalue weighted by molar-refractivity contribution is -0.623. The Morgan fingerprint density at radius 1 is 1.41 bits per heavy atom. The average Bonchev–Trinajstić information content (AvgIpc) is 2.33. The van der Waals surface area contributed by atoms with Gasteiger partial charge >= 0.3 is 5.82 Å². The van der Waals surface area contributed by atoms with Crippen LogP contribution in [0.5, 0.6) is 0 Å². The molecule has 1 aromatic carbocycles. The number of fused-ring (bicyclic) bond motifs is 1. The first kappa shape index (κ1) is 11.4. The minimum absolute atomic E-state index is 0.0551. The Bertz CT molecular complexity index is 594. The summed E-state index contributed by atoms with van der Waals surface area (Å²) in [5.74, 6) is 0.543. The van der Waals surface area contributed by atoms with Crippen LogP contribution in [0.3, 0.4) is 0 Å². The van der Waals surface area contributed by atoms with E-state index in [2.05, 4.69) is 10.2 Å². The maximum atomic E-state index is 12.0. The lowest BCUT2D eigenvalue weighted by atomic mass is 10.1. The van der Waals surface area contributed by atoms with E-state index in [-0.39, 0.29) is 5.92 Å². The lowest BCUT2D eigenvalue weighted by Gasteiger charge is -2.12. The van der Waals surface area contributed by atoms with E-state index in [0.717, 1.165) is 4.73 Å². The Morgan fingerprint density at radius 3 is 2.71 bits per heavy atom. The molecule has 5 heteroatoms. The molecule has 0 aliphatic rings. The van der Waals surface area contributed by atoms with E-state index in [1.54, 1.807) is 25.1 Å². The molecule has 0 fully saturated rings. The molecular formula is C12H13N3O2. The highest BCUT2D eigenvalue weighted by Crippen LogP contribution is 2.22. The SMILES string of the molecule is Cc1c2cc(N=O)ccc2nc(C(C)C)[n+]1[O-]. The first-order valence-electron chi connectivity index (χ1n) is 5.41. The number of aromatic nitrogens is 2. The maximum absolute atomic E-state index is 12.0. The fourth-order valence-corrected chi connectivity index (χ4v) is 1.78. The van der Waals surface area contributed by atoms with Crippen molar-refractivity contribution in [3.05, 3.63) is 39.8 Å². The van der Waals surface area contributed by atoms with Gasteiger partial charge in [0.05, 0.1) is 11.3 Å². The molecule has 0 N–H and O–H groups in total. The molecule has 88 valence electrons. The fourth-order valence-electron chi connectivity index (χ4n) is 1.78. The second-order valence-electron chi connectivity index (χ2n) is 4.30. The Morgan fingerprint density at radius 2 is 2.12 bits per heavy atom. The molecule has 0 amide bonds. The molecule has 0 spiro atoms. The Balaban J connectivity index is 2.80. The summed E-state index contributed by atoms with van der Waals surface area (Å²) in [6.07, 6.45) is 0. The van der Waals surface area contributed by atoms with Gasteiger partial charge in [-0.1, -0.05) is 13.8 Å². The zero-order chi connectivity index (χ0) is 12.6.